The van der Waals surface area contributed by atoms with Crippen LogP contribution in [0.4, 0.5) is 20.6 Å². The van der Waals surface area contributed by atoms with Gasteiger partial charge in [0.2, 0.25) is 0 Å². The van der Waals surface area contributed by atoms with Gasteiger partial charge in [-0.1, -0.05) is 41.9 Å². The summed E-state index contributed by atoms with van der Waals surface area (Å²) in [6, 6.07) is 13.7. The second-order valence-corrected chi connectivity index (χ2v) is 6.95. The van der Waals surface area contributed by atoms with Crippen LogP contribution in [0.2, 0.25) is 5.02 Å². The van der Waals surface area contributed by atoms with Gasteiger partial charge in [0, 0.05) is 6.54 Å². The van der Waals surface area contributed by atoms with Gasteiger partial charge in [-0.25, -0.2) is 9.18 Å². The Kier molecular flexibility index (Phi) is 6.22. The maximum Gasteiger partial charge on any atom is 0.407 e. The van der Waals surface area contributed by atoms with Gasteiger partial charge < -0.3 is 20.7 Å². The summed E-state index contributed by atoms with van der Waals surface area (Å²) in [7, 11) is 0. The number of hydrogen-bond donors (Lipinski definition) is 2. The Labute approximate surface area is 167 Å². The molecule has 0 aromatic heterocycles. The number of carbonyl (C=O) groups is 1. The molecular formula is C20H20ClFN4O2. The third kappa shape index (κ3) is 4.65. The van der Waals surface area contributed by atoms with Gasteiger partial charge in [0.05, 0.1) is 40.6 Å². The lowest BCUT2D eigenvalue weighted by atomic mass is 10.0. The van der Waals surface area contributed by atoms with Crippen LogP contribution in [0.15, 0.2) is 42.5 Å². The van der Waals surface area contributed by atoms with Crippen molar-refractivity contribution >= 4 is 29.1 Å². The molecule has 1 amide bonds. The summed E-state index contributed by atoms with van der Waals surface area (Å²) in [6.45, 7) is 0.605. The molecule has 0 aliphatic carbocycles. The molecule has 146 valence electrons. The highest BCUT2D eigenvalue weighted by molar-refractivity contribution is 6.35. The van der Waals surface area contributed by atoms with E-state index >= 15 is 0 Å². The molecular weight excluding hydrogens is 383 g/mol. The van der Waals surface area contributed by atoms with Gasteiger partial charge in [-0.2, -0.15) is 5.26 Å². The molecule has 6 nitrogen and oxygen atoms in total. The first-order valence-electron chi connectivity index (χ1n) is 8.83. The maximum absolute atomic E-state index is 14.7. The smallest absolute Gasteiger partial charge is 0.407 e. The largest absolute Gasteiger partial charge is 0.445 e. The van der Waals surface area contributed by atoms with Crippen LogP contribution in [0, 0.1) is 11.3 Å². The standard InChI is InChI=1S/C20H20ClFN4O2/c21-19-16(24)8-14(10-23)9-18(19)26-7-6-17(15(22)11-26)25-20(27)28-12-13-4-2-1-3-5-13/h1-5,8-9,15,17H,6-7,11-12,24H2,(H,25,27)/t15-,17+/m1/s1. The van der Waals surface area contributed by atoms with E-state index in [1.807, 2.05) is 36.4 Å². The first-order chi connectivity index (χ1) is 13.5. The highest BCUT2D eigenvalue weighted by Gasteiger charge is 2.32. The summed E-state index contributed by atoms with van der Waals surface area (Å²) < 4.78 is 19.8. The lowest BCUT2D eigenvalue weighted by molar-refractivity contribution is 0.124. The Morgan fingerprint density at radius 2 is 2.14 bits per heavy atom. The Balaban J connectivity index is 1.57. The van der Waals surface area contributed by atoms with Crippen molar-refractivity contribution in [2.45, 2.75) is 25.2 Å². The summed E-state index contributed by atoms with van der Waals surface area (Å²) in [4.78, 5) is 13.7. The van der Waals surface area contributed by atoms with E-state index in [4.69, 9.17) is 27.3 Å². The van der Waals surface area contributed by atoms with Gasteiger partial charge in [0.15, 0.2) is 0 Å². The van der Waals surface area contributed by atoms with E-state index in [2.05, 4.69) is 5.32 Å². The maximum atomic E-state index is 14.7. The molecule has 0 spiro atoms. The second kappa shape index (κ2) is 8.81. The number of halogens is 2. The van der Waals surface area contributed by atoms with Crippen LogP contribution in [0.25, 0.3) is 0 Å². The number of anilines is 2. The van der Waals surface area contributed by atoms with Gasteiger partial charge in [-0.05, 0) is 24.1 Å². The van der Waals surface area contributed by atoms with Crippen LogP contribution in [0.3, 0.4) is 0 Å². The molecule has 0 bridgehead atoms. The molecule has 2 aromatic rings. The second-order valence-electron chi connectivity index (χ2n) is 6.57. The van der Waals surface area contributed by atoms with Gasteiger partial charge >= 0.3 is 6.09 Å². The van der Waals surface area contributed by atoms with E-state index in [1.165, 1.54) is 6.07 Å². The van der Waals surface area contributed by atoms with Gasteiger partial charge in [-0.15, -0.1) is 0 Å². The molecule has 28 heavy (non-hydrogen) atoms. The average Bonchev–Trinajstić information content (AvgIpc) is 2.70. The van der Waals surface area contributed by atoms with Gasteiger partial charge in [0.1, 0.15) is 12.8 Å². The predicted molar refractivity (Wildman–Crippen MR) is 106 cm³/mol. The summed E-state index contributed by atoms with van der Waals surface area (Å²) >= 11 is 6.24. The van der Waals surface area contributed by atoms with Crippen molar-refractivity contribution in [3.63, 3.8) is 0 Å². The number of rotatable bonds is 4. The van der Waals surface area contributed by atoms with E-state index in [0.29, 0.717) is 29.2 Å². The topological polar surface area (TPSA) is 91.4 Å². The van der Waals surface area contributed by atoms with Crippen molar-refractivity contribution in [3.8, 4) is 6.07 Å². The lowest BCUT2D eigenvalue weighted by Crippen LogP contribution is -2.52. The minimum atomic E-state index is -1.32. The number of nitriles is 1. The lowest BCUT2D eigenvalue weighted by Gasteiger charge is -2.36. The molecule has 2 aromatic carbocycles. The molecule has 1 heterocycles. The van der Waals surface area contributed by atoms with Crippen LogP contribution in [0.1, 0.15) is 17.5 Å². The third-order valence-corrected chi connectivity index (χ3v) is 5.02. The van der Waals surface area contributed by atoms with Crippen molar-refractivity contribution in [1.29, 1.82) is 5.26 Å². The number of hydrogen-bond acceptors (Lipinski definition) is 5. The monoisotopic (exact) mass is 402 g/mol. The number of piperidine rings is 1. The van der Waals surface area contributed by atoms with E-state index in [1.54, 1.807) is 11.0 Å². The number of nitrogens with zero attached hydrogens (tertiary/aromatic N) is 2. The minimum Gasteiger partial charge on any atom is -0.445 e. The van der Waals surface area contributed by atoms with E-state index in [0.717, 1.165) is 5.56 Å². The number of ether oxygens (including phenoxy) is 1. The molecule has 3 N–H and O–H groups in total. The van der Waals surface area contributed by atoms with Crippen molar-refractivity contribution in [3.05, 3.63) is 58.6 Å². The Morgan fingerprint density at radius 3 is 2.82 bits per heavy atom. The molecule has 0 radical (unpaired) electrons. The van der Waals surface area contributed by atoms with Crippen molar-refractivity contribution in [2.75, 3.05) is 23.7 Å². The van der Waals surface area contributed by atoms with Crippen LogP contribution in [0.5, 0.6) is 0 Å². The fraction of sp³-hybridized carbons (Fsp3) is 0.300. The quantitative estimate of drug-likeness (QED) is 0.762. The molecule has 1 aliphatic rings. The predicted octanol–water partition coefficient (Wildman–Crippen LogP) is 3.64. The summed E-state index contributed by atoms with van der Waals surface area (Å²) in [5.41, 5.74) is 7.84. The Hall–Kier alpha value is -2.98. The average molecular weight is 403 g/mol. The van der Waals surface area contributed by atoms with E-state index in [-0.39, 0.29) is 18.8 Å². The van der Waals surface area contributed by atoms with Crippen LogP contribution in [-0.4, -0.2) is 31.4 Å². The number of alkyl halides is 1. The van der Waals surface area contributed by atoms with Crippen molar-refractivity contribution in [1.82, 2.24) is 5.32 Å². The third-order valence-electron chi connectivity index (χ3n) is 4.61. The Bertz CT molecular complexity index is 888. The number of amides is 1. The fourth-order valence-electron chi connectivity index (χ4n) is 3.13. The summed E-state index contributed by atoms with van der Waals surface area (Å²) in [6.07, 6.45) is -1.60. The number of alkyl carbamates (subject to hydrolysis) is 1. The van der Waals surface area contributed by atoms with Crippen molar-refractivity contribution in [2.24, 2.45) is 0 Å². The van der Waals surface area contributed by atoms with E-state index in [9.17, 15) is 9.18 Å². The van der Waals surface area contributed by atoms with Gasteiger partial charge in [0.25, 0.3) is 0 Å². The molecule has 3 rings (SSSR count). The zero-order valence-corrected chi connectivity index (χ0v) is 15.8. The Morgan fingerprint density at radius 1 is 1.39 bits per heavy atom. The van der Waals surface area contributed by atoms with E-state index < -0.39 is 18.3 Å². The number of nitrogens with two attached hydrogens (primary N) is 1. The molecule has 0 unspecified atom stereocenters. The molecule has 1 saturated heterocycles. The fourth-order valence-corrected chi connectivity index (χ4v) is 3.36. The molecule has 0 saturated carbocycles. The first kappa shape index (κ1) is 19.8. The summed E-state index contributed by atoms with van der Waals surface area (Å²) in [5, 5.41) is 12.0. The number of nitrogen functional groups attached to an aromatic ring is 1. The number of nitrogens with one attached hydrogen (secondary N) is 1. The SMILES string of the molecule is N#Cc1cc(N)c(Cl)c(N2CC[C@H](NC(=O)OCc3ccccc3)[C@H](F)C2)c1. The number of carbonyl (C=O) groups excluding carboxylic acids is 1. The first-order valence-corrected chi connectivity index (χ1v) is 9.21. The molecule has 8 heteroatoms. The highest BCUT2D eigenvalue weighted by Crippen LogP contribution is 2.34. The molecule has 2 atom stereocenters. The summed E-state index contributed by atoms with van der Waals surface area (Å²) in [5.74, 6) is 0. The molecule has 1 aliphatic heterocycles. The minimum absolute atomic E-state index is 0.0255. The zero-order chi connectivity index (χ0) is 20.1. The van der Waals surface area contributed by atoms with Crippen LogP contribution in [-0.2, 0) is 11.3 Å². The zero-order valence-electron chi connectivity index (χ0n) is 15.1. The highest BCUT2D eigenvalue weighted by atomic mass is 35.5. The van der Waals surface area contributed by atoms with Crippen LogP contribution >= 0.6 is 11.6 Å². The van der Waals surface area contributed by atoms with Gasteiger partial charge in [-0.3, -0.25) is 0 Å². The molecule has 1 fully saturated rings. The van der Waals surface area contributed by atoms with Crippen molar-refractivity contribution < 1.29 is 13.9 Å². The normalized spacial score (nSPS) is 19.0. The van der Waals surface area contributed by atoms with Crippen LogP contribution < -0.4 is 16.0 Å². The number of benzene rings is 2.